The van der Waals surface area contributed by atoms with Crippen molar-refractivity contribution in [2.45, 2.75) is 18.8 Å². The van der Waals surface area contributed by atoms with Crippen LogP contribution in [0.1, 0.15) is 24.3 Å². The van der Waals surface area contributed by atoms with Gasteiger partial charge in [-0.15, -0.1) is 5.46 Å². The predicted octanol–water partition coefficient (Wildman–Crippen LogP) is 0.284. The molecule has 1 fully saturated rings. The molecule has 1 aromatic carbocycles. The summed E-state index contributed by atoms with van der Waals surface area (Å²) in [5.74, 6) is 0.0992. The van der Waals surface area contributed by atoms with Crippen LogP contribution in [0, 0.1) is 0 Å². The zero-order valence-electron chi connectivity index (χ0n) is 9.64. The fourth-order valence-electron chi connectivity index (χ4n) is 1.77. The maximum Gasteiger partial charge on any atom is 1.00 e. The third-order valence-corrected chi connectivity index (χ3v) is 3.02. The van der Waals surface area contributed by atoms with E-state index in [4.69, 9.17) is 16.3 Å². The van der Waals surface area contributed by atoms with Crippen LogP contribution in [0.2, 0.25) is 5.02 Å². The van der Waals surface area contributed by atoms with Gasteiger partial charge in [0.15, 0.2) is 0 Å². The normalized spacial score (nSPS) is 15.4. The first-order valence-electron chi connectivity index (χ1n) is 5.00. The van der Waals surface area contributed by atoms with Gasteiger partial charge in [-0.25, -0.2) is 0 Å². The molecule has 0 aromatic heterocycles. The zero-order chi connectivity index (χ0) is 11.9. The predicted molar refractivity (Wildman–Crippen MR) is 58.7 cm³/mol. The molecular weight excluding hydrogens is 278 g/mol. The summed E-state index contributed by atoms with van der Waals surface area (Å²) in [6.45, 7) is -5.01. The molecule has 0 N–H and O–H groups in total. The van der Waals surface area contributed by atoms with Crippen molar-refractivity contribution in [3.05, 3.63) is 22.7 Å². The molecule has 0 radical (unpaired) electrons. The first kappa shape index (κ1) is 15.9. The molecule has 1 saturated carbocycles. The molecule has 88 valence electrons. The Morgan fingerprint density at radius 2 is 1.88 bits per heavy atom. The minimum Gasteiger partial charge on any atom is -0.495 e. The van der Waals surface area contributed by atoms with Crippen molar-refractivity contribution in [1.29, 1.82) is 0 Å². The Hall–Kier alpha value is 0.801. The summed E-state index contributed by atoms with van der Waals surface area (Å²) in [6.07, 6.45) is 1.61. The number of benzene rings is 1. The molecule has 0 amide bonds. The van der Waals surface area contributed by atoms with Crippen molar-refractivity contribution in [2.75, 3.05) is 7.11 Å². The second kappa shape index (κ2) is 5.84. The molecule has 0 unspecified atom stereocenters. The number of methoxy groups -OCH3 is 1. The number of hydrogen-bond donors (Lipinski definition) is 0. The standard InChI is InChI=1S/C10H10BClF3O.K/c1-16-10-5-8(11(13,14)15)7(4-9(10)12)6-2-3-6;/h4-6H,2-3H2,1H3;/q-1;+1. The minimum absolute atomic E-state index is 0. The van der Waals surface area contributed by atoms with Crippen molar-refractivity contribution < 1.29 is 69.1 Å². The van der Waals surface area contributed by atoms with E-state index >= 15 is 0 Å². The van der Waals surface area contributed by atoms with Gasteiger partial charge < -0.3 is 17.7 Å². The summed E-state index contributed by atoms with van der Waals surface area (Å²) in [7, 11) is 1.31. The smallest absolute Gasteiger partial charge is 0.495 e. The summed E-state index contributed by atoms with van der Waals surface area (Å²) < 4.78 is 43.4. The maximum absolute atomic E-state index is 12.8. The molecule has 1 nitrogen and oxygen atoms in total. The van der Waals surface area contributed by atoms with Crippen LogP contribution in [0.25, 0.3) is 0 Å². The second-order valence-electron chi connectivity index (χ2n) is 3.96. The molecule has 2 rings (SSSR count). The summed E-state index contributed by atoms with van der Waals surface area (Å²) in [4.78, 5) is 0. The van der Waals surface area contributed by atoms with Gasteiger partial charge in [0.1, 0.15) is 5.75 Å². The average Bonchev–Trinajstić information content (AvgIpc) is 2.98. The average molecular weight is 289 g/mol. The van der Waals surface area contributed by atoms with Gasteiger partial charge in [0, 0.05) is 0 Å². The third kappa shape index (κ3) is 3.64. The van der Waals surface area contributed by atoms with E-state index in [0.29, 0.717) is 5.56 Å². The topological polar surface area (TPSA) is 9.23 Å². The van der Waals surface area contributed by atoms with Gasteiger partial charge in [-0.1, -0.05) is 17.2 Å². The zero-order valence-corrected chi connectivity index (χ0v) is 13.5. The van der Waals surface area contributed by atoms with E-state index in [1.54, 1.807) is 0 Å². The summed E-state index contributed by atoms with van der Waals surface area (Å²) in [5, 5.41) is 0.244. The van der Waals surface area contributed by atoms with E-state index in [0.717, 1.165) is 18.9 Å². The Balaban J connectivity index is 0.00000144. The first-order chi connectivity index (χ1) is 7.43. The van der Waals surface area contributed by atoms with Gasteiger partial charge in [0.05, 0.1) is 12.1 Å². The van der Waals surface area contributed by atoms with Gasteiger partial charge >= 0.3 is 58.4 Å². The van der Waals surface area contributed by atoms with Crippen molar-refractivity contribution in [1.82, 2.24) is 0 Å². The molecular formula is C10H10BClF3KO. The number of hydrogen-bond acceptors (Lipinski definition) is 1. The molecule has 0 heterocycles. The van der Waals surface area contributed by atoms with Crippen LogP contribution >= 0.6 is 11.6 Å². The molecule has 7 heteroatoms. The summed E-state index contributed by atoms with van der Waals surface area (Å²) in [5.41, 5.74) is -0.248. The Bertz CT molecular complexity index is 421. The van der Waals surface area contributed by atoms with Crippen molar-refractivity contribution in [3.63, 3.8) is 0 Å². The Labute approximate surface area is 146 Å². The van der Waals surface area contributed by atoms with Crippen molar-refractivity contribution in [2.24, 2.45) is 0 Å². The van der Waals surface area contributed by atoms with Crippen LogP contribution < -0.4 is 61.6 Å². The Kier molecular flexibility index (Phi) is 5.45. The van der Waals surface area contributed by atoms with Gasteiger partial charge in [-0.3, -0.25) is 0 Å². The van der Waals surface area contributed by atoms with Gasteiger partial charge in [0.25, 0.3) is 0 Å². The molecule has 17 heavy (non-hydrogen) atoms. The minimum atomic E-state index is -5.01. The first-order valence-corrected chi connectivity index (χ1v) is 5.38. The van der Waals surface area contributed by atoms with E-state index in [-0.39, 0.29) is 68.1 Å². The number of rotatable bonds is 3. The molecule has 0 bridgehead atoms. The number of ether oxygens (including phenoxy) is 1. The Morgan fingerprint density at radius 3 is 2.29 bits per heavy atom. The SMILES string of the molecule is COc1cc([B-](F)(F)F)c(C2CC2)cc1Cl.[K+]. The fraction of sp³-hybridized carbons (Fsp3) is 0.400. The maximum atomic E-state index is 12.8. The van der Waals surface area contributed by atoms with Crippen LogP contribution in [0.15, 0.2) is 12.1 Å². The van der Waals surface area contributed by atoms with E-state index < -0.39 is 12.4 Å². The van der Waals surface area contributed by atoms with E-state index in [1.165, 1.54) is 13.2 Å². The van der Waals surface area contributed by atoms with Gasteiger partial charge in [-0.2, -0.15) is 0 Å². The van der Waals surface area contributed by atoms with E-state index in [2.05, 4.69) is 0 Å². The molecule has 0 aliphatic heterocycles. The summed E-state index contributed by atoms with van der Waals surface area (Å²) in [6, 6.07) is 2.40. The second-order valence-corrected chi connectivity index (χ2v) is 4.37. The van der Waals surface area contributed by atoms with Crippen LogP contribution in [-0.2, 0) is 0 Å². The van der Waals surface area contributed by atoms with Crippen LogP contribution in [0.4, 0.5) is 12.9 Å². The van der Waals surface area contributed by atoms with E-state index in [9.17, 15) is 12.9 Å². The van der Waals surface area contributed by atoms with Crippen molar-refractivity contribution in [3.8, 4) is 5.75 Å². The quantitative estimate of drug-likeness (QED) is 0.726. The Morgan fingerprint density at radius 1 is 1.29 bits per heavy atom. The number of halogens is 4. The summed E-state index contributed by atoms with van der Waals surface area (Å²) >= 11 is 5.84. The largest absolute Gasteiger partial charge is 1.00 e. The molecule has 1 aliphatic rings. The molecule has 1 aliphatic carbocycles. The van der Waals surface area contributed by atoms with Crippen LogP contribution in [-0.4, -0.2) is 14.1 Å². The molecule has 1 aromatic rings. The van der Waals surface area contributed by atoms with E-state index in [1.807, 2.05) is 0 Å². The molecule has 0 atom stereocenters. The van der Waals surface area contributed by atoms with Crippen LogP contribution in [0.3, 0.4) is 0 Å². The molecule has 0 spiro atoms. The third-order valence-electron chi connectivity index (χ3n) is 2.73. The van der Waals surface area contributed by atoms with Gasteiger partial charge in [0.2, 0.25) is 0 Å². The van der Waals surface area contributed by atoms with Crippen molar-refractivity contribution >= 4 is 24.0 Å². The monoisotopic (exact) mass is 288 g/mol. The molecule has 0 saturated heterocycles. The fourth-order valence-corrected chi connectivity index (χ4v) is 2.02. The van der Waals surface area contributed by atoms with Crippen LogP contribution in [0.5, 0.6) is 5.75 Å². The van der Waals surface area contributed by atoms with Gasteiger partial charge in [-0.05, 0) is 30.9 Å².